The van der Waals surface area contributed by atoms with Crippen LogP contribution in [-0.2, 0) is 6.18 Å². The van der Waals surface area contributed by atoms with Gasteiger partial charge >= 0.3 is 6.18 Å². The average molecular weight is 262 g/mol. The second kappa shape index (κ2) is 4.12. The van der Waals surface area contributed by atoms with E-state index in [-0.39, 0.29) is 0 Å². The maximum atomic E-state index is 12.5. The lowest BCUT2D eigenvalue weighted by Gasteiger charge is -2.06. The lowest BCUT2D eigenvalue weighted by molar-refractivity contribution is -0.137. The molecule has 0 spiro atoms. The number of fused-ring (bicyclic) bond motifs is 1. The van der Waals surface area contributed by atoms with Crippen molar-refractivity contribution in [3.63, 3.8) is 0 Å². The van der Waals surface area contributed by atoms with Crippen molar-refractivity contribution in [3.05, 3.63) is 54.4 Å². The summed E-state index contributed by atoms with van der Waals surface area (Å²) in [4.78, 5) is 7.11. The first-order chi connectivity index (χ1) is 9.04. The molecule has 0 saturated heterocycles. The van der Waals surface area contributed by atoms with Crippen LogP contribution in [0.5, 0.6) is 0 Å². The molecular weight excluding hydrogens is 253 g/mol. The van der Waals surface area contributed by atoms with Crippen LogP contribution in [0.4, 0.5) is 13.2 Å². The van der Waals surface area contributed by atoms with Crippen LogP contribution in [0.25, 0.3) is 22.2 Å². The van der Waals surface area contributed by atoms with Crippen LogP contribution >= 0.6 is 0 Å². The Bertz CT molecular complexity index is 678. The Morgan fingerprint density at radius 3 is 2.37 bits per heavy atom. The van der Waals surface area contributed by atoms with Gasteiger partial charge < -0.3 is 4.98 Å². The molecule has 96 valence electrons. The molecule has 0 atom stereocenters. The van der Waals surface area contributed by atoms with Crippen molar-refractivity contribution < 1.29 is 13.2 Å². The fraction of sp³-hybridized carbons (Fsp3) is 0.0714. The minimum Gasteiger partial charge on any atom is -0.353 e. The lowest BCUT2D eigenvalue weighted by atomic mass is 10.1. The van der Waals surface area contributed by atoms with Gasteiger partial charge in [-0.15, -0.1) is 0 Å². The molecule has 0 saturated carbocycles. The van der Waals surface area contributed by atoms with E-state index >= 15 is 0 Å². The Morgan fingerprint density at radius 2 is 1.74 bits per heavy atom. The van der Waals surface area contributed by atoms with E-state index in [1.165, 1.54) is 12.1 Å². The van der Waals surface area contributed by atoms with Crippen molar-refractivity contribution in [2.45, 2.75) is 6.18 Å². The molecular formula is C14H9F3N2. The predicted octanol–water partition coefficient (Wildman–Crippen LogP) is 4.25. The van der Waals surface area contributed by atoms with Gasteiger partial charge in [0.1, 0.15) is 0 Å². The SMILES string of the molecule is FC(F)(F)c1ccc(-c2cc3ccncc3[nH]2)cc1. The highest BCUT2D eigenvalue weighted by Gasteiger charge is 2.29. The molecule has 1 aromatic carbocycles. The molecule has 0 fully saturated rings. The van der Waals surface area contributed by atoms with Crippen LogP contribution in [0.1, 0.15) is 5.56 Å². The average Bonchev–Trinajstić information content (AvgIpc) is 2.81. The van der Waals surface area contributed by atoms with E-state index in [0.29, 0.717) is 5.56 Å². The third-order valence-electron chi connectivity index (χ3n) is 2.95. The summed E-state index contributed by atoms with van der Waals surface area (Å²) in [5, 5.41) is 0.977. The summed E-state index contributed by atoms with van der Waals surface area (Å²) in [5.41, 5.74) is 1.70. The number of aromatic nitrogens is 2. The van der Waals surface area contributed by atoms with Gasteiger partial charge in [-0.3, -0.25) is 4.98 Å². The van der Waals surface area contributed by atoms with Crippen molar-refractivity contribution in [2.75, 3.05) is 0 Å². The third-order valence-corrected chi connectivity index (χ3v) is 2.95. The van der Waals surface area contributed by atoms with Crippen LogP contribution < -0.4 is 0 Å². The summed E-state index contributed by atoms with van der Waals surface area (Å²) in [7, 11) is 0. The number of benzene rings is 1. The number of H-pyrrole nitrogens is 1. The summed E-state index contributed by atoms with van der Waals surface area (Å²) < 4.78 is 37.4. The van der Waals surface area contributed by atoms with Crippen LogP contribution in [0.2, 0.25) is 0 Å². The van der Waals surface area contributed by atoms with E-state index in [2.05, 4.69) is 9.97 Å². The molecule has 2 aromatic heterocycles. The second-order valence-corrected chi connectivity index (χ2v) is 4.22. The van der Waals surface area contributed by atoms with Gasteiger partial charge in [0.2, 0.25) is 0 Å². The zero-order chi connectivity index (χ0) is 13.5. The van der Waals surface area contributed by atoms with Gasteiger partial charge in [0.25, 0.3) is 0 Å². The zero-order valence-electron chi connectivity index (χ0n) is 9.70. The van der Waals surface area contributed by atoms with E-state index in [9.17, 15) is 13.2 Å². The number of nitrogens with one attached hydrogen (secondary N) is 1. The normalized spacial score (nSPS) is 11.9. The molecule has 0 radical (unpaired) electrons. The monoisotopic (exact) mass is 262 g/mol. The number of hydrogen-bond acceptors (Lipinski definition) is 1. The van der Waals surface area contributed by atoms with Gasteiger partial charge in [-0.05, 0) is 29.8 Å². The van der Waals surface area contributed by atoms with E-state index in [1.807, 2.05) is 12.1 Å². The van der Waals surface area contributed by atoms with Crippen molar-refractivity contribution >= 4 is 10.9 Å². The molecule has 0 aliphatic heterocycles. The van der Waals surface area contributed by atoms with E-state index in [4.69, 9.17) is 0 Å². The number of hydrogen-bond donors (Lipinski definition) is 1. The third kappa shape index (κ3) is 2.19. The van der Waals surface area contributed by atoms with Gasteiger partial charge in [0.15, 0.2) is 0 Å². The number of alkyl halides is 3. The maximum Gasteiger partial charge on any atom is 0.416 e. The Balaban J connectivity index is 2.02. The Morgan fingerprint density at radius 1 is 1.00 bits per heavy atom. The molecule has 3 aromatic rings. The smallest absolute Gasteiger partial charge is 0.353 e. The number of rotatable bonds is 1. The largest absolute Gasteiger partial charge is 0.416 e. The molecule has 19 heavy (non-hydrogen) atoms. The highest BCUT2D eigenvalue weighted by Crippen LogP contribution is 2.31. The topological polar surface area (TPSA) is 28.7 Å². The molecule has 2 heterocycles. The fourth-order valence-corrected chi connectivity index (χ4v) is 1.97. The van der Waals surface area contributed by atoms with Gasteiger partial charge in [-0.2, -0.15) is 13.2 Å². The van der Waals surface area contributed by atoms with Gasteiger partial charge in [-0.1, -0.05) is 12.1 Å². The second-order valence-electron chi connectivity index (χ2n) is 4.22. The molecule has 2 nitrogen and oxygen atoms in total. The van der Waals surface area contributed by atoms with E-state index in [0.717, 1.165) is 28.7 Å². The first-order valence-corrected chi connectivity index (χ1v) is 5.64. The van der Waals surface area contributed by atoms with Crippen LogP contribution in [0.15, 0.2) is 48.8 Å². The molecule has 3 rings (SSSR count). The molecule has 1 N–H and O–H groups in total. The van der Waals surface area contributed by atoms with Crippen molar-refractivity contribution in [1.82, 2.24) is 9.97 Å². The van der Waals surface area contributed by atoms with Crippen LogP contribution in [0.3, 0.4) is 0 Å². The zero-order valence-corrected chi connectivity index (χ0v) is 9.70. The molecule has 5 heteroatoms. The predicted molar refractivity (Wildman–Crippen MR) is 66.5 cm³/mol. The van der Waals surface area contributed by atoms with Crippen LogP contribution in [0, 0.1) is 0 Å². The Hall–Kier alpha value is -2.30. The number of pyridine rings is 1. The molecule has 0 bridgehead atoms. The number of nitrogens with zero attached hydrogens (tertiary/aromatic N) is 1. The van der Waals surface area contributed by atoms with Gasteiger partial charge in [0.05, 0.1) is 17.3 Å². The molecule has 0 aliphatic carbocycles. The first kappa shape index (κ1) is 11.8. The summed E-state index contributed by atoms with van der Waals surface area (Å²) in [6.45, 7) is 0. The summed E-state index contributed by atoms with van der Waals surface area (Å²) in [5.74, 6) is 0. The molecule has 0 amide bonds. The van der Waals surface area contributed by atoms with E-state index in [1.54, 1.807) is 12.4 Å². The quantitative estimate of drug-likeness (QED) is 0.697. The van der Waals surface area contributed by atoms with Crippen LogP contribution in [-0.4, -0.2) is 9.97 Å². The Kier molecular flexibility index (Phi) is 2.55. The summed E-state index contributed by atoms with van der Waals surface area (Å²) >= 11 is 0. The first-order valence-electron chi connectivity index (χ1n) is 5.64. The minimum absolute atomic E-state index is 0.644. The summed E-state index contributed by atoms with van der Waals surface area (Å²) in [6, 6.07) is 8.82. The van der Waals surface area contributed by atoms with Crippen molar-refractivity contribution in [3.8, 4) is 11.3 Å². The standard InChI is InChI=1S/C14H9F3N2/c15-14(16,17)11-3-1-9(2-4-11)12-7-10-5-6-18-8-13(10)19-12/h1-8,19H. The molecule has 0 unspecified atom stereocenters. The Labute approximate surface area is 106 Å². The maximum absolute atomic E-state index is 12.5. The lowest BCUT2D eigenvalue weighted by Crippen LogP contribution is -2.03. The molecule has 0 aliphatic rings. The number of aromatic amines is 1. The van der Waals surface area contributed by atoms with E-state index < -0.39 is 11.7 Å². The highest BCUT2D eigenvalue weighted by molar-refractivity contribution is 5.85. The summed E-state index contributed by atoms with van der Waals surface area (Å²) in [6.07, 6.45) is -0.946. The number of halogens is 3. The van der Waals surface area contributed by atoms with Gasteiger partial charge in [-0.25, -0.2) is 0 Å². The highest BCUT2D eigenvalue weighted by atomic mass is 19.4. The minimum atomic E-state index is -4.30. The van der Waals surface area contributed by atoms with Crippen molar-refractivity contribution in [1.29, 1.82) is 0 Å². The fourth-order valence-electron chi connectivity index (χ4n) is 1.97. The van der Waals surface area contributed by atoms with Crippen molar-refractivity contribution in [2.24, 2.45) is 0 Å². The van der Waals surface area contributed by atoms with Gasteiger partial charge in [0, 0.05) is 17.3 Å².